The number of amides is 1. The highest BCUT2D eigenvalue weighted by atomic mass is 32.2. The van der Waals surface area contributed by atoms with Crippen molar-refractivity contribution in [3.05, 3.63) is 58.4 Å². The summed E-state index contributed by atoms with van der Waals surface area (Å²) in [6, 6.07) is 7.85. The van der Waals surface area contributed by atoms with Crippen LogP contribution in [0, 0.1) is 13.8 Å². The van der Waals surface area contributed by atoms with Gasteiger partial charge in [0.2, 0.25) is 0 Å². The molecule has 0 unspecified atom stereocenters. The summed E-state index contributed by atoms with van der Waals surface area (Å²) >= 11 is 3.30. The van der Waals surface area contributed by atoms with E-state index in [9.17, 15) is 4.79 Å². The molecule has 0 bridgehead atoms. The predicted octanol–water partition coefficient (Wildman–Crippen LogP) is 4.00. The first kappa shape index (κ1) is 19.0. The minimum Gasteiger partial charge on any atom is -0.361 e. The average molecular weight is 415 g/mol. The van der Waals surface area contributed by atoms with Crippen LogP contribution < -0.4 is 4.90 Å². The van der Waals surface area contributed by atoms with Crippen LogP contribution in [0.5, 0.6) is 0 Å². The summed E-state index contributed by atoms with van der Waals surface area (Å²) in [5.74, 6) is 1.68. The van der Waals surface area contributed by atoms with E-state index in [-0.39, 0.29) is 5.91 Å². The Morgan fingerprint density at radius 1 is 1.21 bits per heavy atom. The third kappa shape index (κ3) is 3.93. The molecule has 0 atom stereocenters. The smallest absolute Gasteiger partial charge is 0.255 e. The maximum atomic E-state index is 13.2. The van der Waals surface area contributed by atoms with Crippen LogP contribution in [0.25, 0.3) is 0 Å². The van der Waals surface area contributed by atoms with E-state index < -0.39 is 0 Å². The van der Waals surface area contributed by atoms with Gasteiger partial charge in [-0.15, -0.1) is 23.1 Å². The second-order valence-electron chi connectivity index (χ2n) is 6.68. The molecule has 4 rings (SSSR count). The first-order chi connectivity index (χ1) is 13.6. The van der Waals surface area contributed by atoms with Crippen LogP contribution in [0.3, 0.4) is 0 Å². The van der Waals surface area contributed by atoms with Crippen molar-refractivity contribution in [1.29, 1.82) is 0 Å². The molecule has 28 heavy (non-hydrogen) atoms. The van der Waals surface area contributed by atoms with Gasteiger partial charge in [0.25, 0.3) is 5.91 Å². The van der Waals surface area contributed by atoms with E-state index >= 15 is 0 Å². The van der Waals surface area contributed by atoms with Gasteiger partial charge in [0.05, 0.1) is 11.3 Å². The Bertz CT molecular complexity index is 928. The van der Waals surface area contributed by atoms with E-state index in [1.165, 1.54) is 0 Å². The van der Waals surface area contributed by atoms with Crippen molar-refractivity contribution in [2.45, 2.75) is 24.5 Å². The van der Waals surface area contributed by atoms with Gasteiger partial charge in [-0.2, -0.15) is 0 Å². The van der Waals surface area contributed by atoms with Gasteiger partial charge in [-0.3, -0.25) is 4.79 Å². The van der Waals surface area contributed by atoms with Gasteiger partial charge in [0.15, 0.2) is 5.13 Å². The molecule has 1 fully saturated rings. The lowest BCUT2D eigenvalue weighted by atomic mass is 10.2. The van der Waals surface area contributed by atoms with Gasteiger partial charge >= 0.3 is 0 Å². The van der Waals surface area contributed by atoms with Crippen LogP contribution in [-0.2, 0) is 5.75 Å². The Kier molecular flexibility index (Phi) is 5.68. The normalized spacial score (nSPS) is 14.5. The molecule has 146 valence electrons. The summed E-state index contributed by atoms with van der Waals surface area (Å²) in [5, 5.41) is 7.03. The van der Waals surface area contributed by atoms with E-state index in [0.717, 1.165) is 51.5 Å². The molecule has 3 aromatic rings. The SMILES string of the molecule is Cc1noc(C)c1CSc1ccccc1C(=O)N1CCN(c2nccs2)CC1. The molecule has 0 spiro atoms. The highest BCUT2D eigenvalue weighted by Gasteiger charge is 2.25. The second kappa shape index (κ2) is 8.36. The Morgan fingerprint density at radius 3 is 2.68 bits per heavy atom. The standard InChI is InChI=1S/C20H22N4O2S2/c1-14-17(15(2)26-22-14)13-28-18-6-4-3-5-16(18)19(25)23-8-10-24(11-9-23)20-21-7-12-27-20/h3-7,12H,8-11,13H2,1-2H3. The van der Waals surface area contributed by atoms with Gasteiger partial charge in [-0.05, 0) is 26.0 Å². The fraction of sp³-hybridized carbons (Fsp3) is 0.350. The Morgan fingerprint density at radius 2 is 2.00 bits per heavy atom. The van der Waals surface area contributed by atoms with Gasteiger partial charge < -0.3 is 14.3 Å². The third-order valence-electron chi connectivity index (χ3n) is 4.93. The minimum atomic E-state index is 0.0978. The number of carbonyl (C=O) groups is 1. The highest BCUT2D eigenvalue weighted by molar-refractivity contribution is 7.98. The highest BCUT2D eigenvalue weighted by Crippen LogP contribution is 2.30. The van der Waals surface area contributed by atoms with Crippen molar-refractivity contribution in [1.82, 2.24) is 15.0 Å². The quantitative estimate of drug-likeness (QED) is 0.588. The monoisotopic (exact) mass is 414 g/mol. The number of hydrogen-bond acceptors (Lipinski definition) is 7. The summed E-state index contributed by atoms with van der Waals surface area (Å²) in [5.41, 5.74) is 2.78. The summed E-state index contributed by atoms with van der Waals surface area (Å²) in [4.78, 5) is 22.7. The third-order valence-corrected chi connectivity index (χ3v) is 6.86. The van der Waals surface area contributed by atoms with Crippen molar-refractivity contribution in [2.24, 2.45) is 0 Å². The summed E-state index contributed by atoms with van der Waals surface area (Å²) in [6.45, 7) is 6.92. The number of thiazole rings is 1. The largest absolute Gasteiger partial charge is 0.361 e. The molecule has 1 aliphatic heterocycles. The van der Waals surface area contributed by atoms with Crippen molar-refractivity contribution in [3.63, 3.8) is 0 Å². The fourth-order valence-corrected chi connectivity index (χ4v) is 5.16. The number of hydrogen-bond donors (Lipinski definition) is 0. The van der Waals surface area contributed by atoms with E-state index in [4.69, 9.17) is 4.52 Å². The second-order valence-corrected chi connectivity index (χ2v) is 8.57. The van der Waals surface area contributed by atoms with Gasteiger partial charge in [0, 0.05) is 54.0 Å². The van der Waals surface area contributed by atoms with Crippen LogP contribution in [0.4, 0.5) is 5.13 Å². The topological polar surface area (TPSA) is 62.5 Å². The molecule has 0 N–H and O–H groups in total. The van der Waals surface area contributed by atoms with Crippen molar-refractivity contribution in [2.75, 3.05) is 31.1 Å². The van der Waals surface area contributed by atoms with E-state index in [0.29, 0.717) is 13.1 Å². The van der Waals surface area contributed by atoms with Crippen molar-refractivity contribution in [3.8, 4) is 0 Å². The number of aromatic nitrogens is 2. The average Bonchev–Trinajstić information content (AvgIpc) is 3.37. The van der Waals surface area contributed by atoms with Crippen LogP contribution >= 0.6 is 23.1 Å². The molecular weight excluding hydrogens is 392 g/mol. The molecule has 0 saturated carbocycles. The zero-order chi connectivity index (χ0) is 19.5. The number of thioether (sulfide) groups is 1. The molecule has 0 radical (unpaired) electrons. The fourth-order valence-electron chi connectivity index (χ4n) is 3.27. The number of benzene rings is 1. The maximum Gasteiger partial charge on any atom is 0.255 e. The molecule has 1 aromatic carbocycles. The molecular formula is C20H22N4O2S2. The van der Waals surface area contributed by atoms with Crippen LogP contribution in [-0.4, -0.2) is 47.1 Å². The number of rotatable bonds is 5. The number of anilines is 1. The first-order valence-electron chi connectivity index (χ1n) is 9.21. The van der Waals surface area contributed by atoms with Gasteiger partial charge in [-0.1, -0.05) is 17.3 Å². The van der Waals surface area contributed by atoms with Gasteiger partial charge in [-0.25, -0.2) is 4.98 Å². The molecule has 8 heteroatoms. The lowest BCUT2D eigenvalue weighted by Gasteiger charge is -2.34. The number of carbonyl (C=O) groups excluding carboxylic acids is 1. The van der Waals surface area contributed by atoms with Crippen LogP contribution in [0.1, 0.15) is 27.4 Å². The van der Waals surface area contributed by atoms with Crippen molar-refractivity contribution < 1.29 is 9.32 Å². The van der Waals surface area contributed by atoms with Crippen LogP contribution in [0.15, 0.2) is 45.3 Å². The van der Waals surface area contributed by atoms with E-state index in [1.807, 2.05) is 54.6 Å². The predicted molar refractivity (Wildman–Crippen MR) is 112 cm³/mol. The van der Waals surface area contributed by atoms with E-state index in [1.54, 1.807) is 23.1 Å². The van der Waals surface area contributed by atoms with Crippen molar-refractivity contribution >= 4 is 34.1 Å². The molecule has 3 heterocycles. The summed E-state index contributed by atoms with van der Waals surface area (Å²) in [7, 11) is 0. The number of piperazine rings is 1. The Balaban J connectivity index is 1.43. The van der Waals surface area contributed by atoms with Gasteiger partial charge in [0.1, 0.15) is 5.76 Å². The Hall–Kier alpha value is -2.32. The lowest BCUT2D eigenvalue weighted by molar-refractivity contribution is 0.0743. The molecule has 6 nitrogen and oxygen atoms in total. The van der Waals surface area contributed by atoms with E-state index in [2.05, 4.69) is 15.0 Å². The lowest BCUT2D eigenvalue weighted by Crippen LogP contribution is -2.48. The Labute approximate surface area is 172 Å². The first-order valence-corrected chi connectivity index (χ1v) is 11.1. The number of nitrogens with zero attached hydrogens (tertiary/aromatic N) is 4. The number of aryl methyl sites for hydroxylation is 2. The summed E-state index contributed by atoms with van der Waals surface area (Å²) < 4.78 is 5.25. The van der Waals surface area contributed by atoms with Crippen LogP contribution in [0.2, 0.25) is 0 Å². The molecule has 1 aliphatic rings. The molecule has 1 amide bonds. The maximum absolute atomic E-state index is 13.2. The molecule has 0 aliphatic carbocycles. The minimum absolute atomic E-state index is 0.0978. The molecule has 2 aromatic heterocycles. The summed E-state index contributed by atoms with van der Waals surface area (Å²) in [6.07, 6.45) is 1.82. The zero-order valence-corrected chi connectivity index (χ0v) is 17.6. The molecule has 1 saturated heterocycles. The zero-order valence-electron chi connectivity index (χ0n) is 15.9.